The Balaban J connectivity index is 1.26. The molecule has 4 aliphatic rings. The summed E-state index contributed by atoms with van der Waals surface area (Å²) in [6.07, 6.45) is 13.0. The van der Waals surface area contributed by atoms with Gasteiger partial charge in [0.15, 0.2) is 0 Å². The zero-order chi connectivity index (χ0) is 27.4. The molecule has 0 heterocycles. The highest BCUT2D eigenvalue weighted by atomic mass is 127. The number of allylic oxidation sites excluding steroid dienone is 1. The molecule has 3 saturated carbocycles. The van der Waals surface area contributed by atoms with E-state index in [0.717, 1.165) is 44.9 Å². The number of hydrogen-bond acceptors (Lipinski definition) is 3. The van der Waals surface area contributed by atoms with Gasteiger partial charge in [-0.2, -0.15) is 0 Å². The molecular formula is C32H41I3O3. The Bertz CT molecular complexity index is 1120. The summed E-state index contributed by atoms with van der Waals surface area (Å²) in [6, 6.07) is 4.39. The van der Waals surface area contributed by atoms with Crippen molar-refractivity contribution in [3.05, 3.63) is 40.1 Å². The second-order valence-corrected chi connectivity index (χ2v) is 16.6. The molecule has 4 aliphatic carbocycles. The molecular weight excluding hydrogens is 813 g/mol. The van der Waals surface area contributed by atoms with E-state index >= 15 is 0 Å². The lowest BCUT2D eigenvalue weighted by Crippen LogP contribution is -2.51. The minimum Gasteiger partial charge on any atom is -0.462 e. The van der Waals surface area contributed by atoms with Crippen molar-refractivity contribution < 1.29 is 14.3 Å². The fourth-order valence-electron chi connectivity index (χ4n) is 9.06. The second-order valence-electron chi connectivity index (χ2n) is 13.0. The average molecular weight is 854 g/mol. The molecule has 8 atom stereocenters. The van der Waals surface area contributed by atoms with Gasteiger partial charge in [0.25, 0.3) is 0 Å². The van der Waals surface area contributed by atoms with Gasteiger partial charge in [-0.15, -0.1) is 0 Å². The Morgan fingerprint density at radius 1 is 1.03 bits per heavy atom. The molecule has 5 rings (SSSR count). The zero-order valence-electron chi connectivity index (χ0n) is 23.1. The van der Waals surface area contributed by atoms with E-state index in [-0.39, 0.29) is 34.7 Å². The molecule has 38 heavy (non-hydrogen) atoms. The highest BCUT2D eigenvalue weighted by Gasteiger charge is 2.59. The van der Waals surface area contributed by atoms with Crippen LogP contribution in [-0.4, -0.2) is 17.9 Å². The van der Waals surface area contributed by atoms with Crippen molar-refractivity contribution in [3.63, 3.8) is 0 Å². The molecule has 1 aromatic rings. The van der Waals surface area contributed by atoms with E-state index in [1.54, 1.807) is 5.57 Å². The summed E-state index contributed by atoms with van der Waals surface area (Å²) in [6.45, 7) is 8.85. The number of esters is 1. The van der Waals surface area contributed by atoms with E-state index in [0.29, 0.717) is 23.5 Å². The second kappa shape index (κ2) is 11.5. The molecule has 208 valence electrons. The molecule has 0 spiro atoms. The molecule has 0 N–H and O–H groups in total. The quantitative estimate of drug-likeness (QED) is 0.163. The maximum atomic E-state index is 13.4. The third-order valence-electron chi connectivity index (χ3n) is 11.2. The normalized spacial score (nSPS) is 36.9. The van der Waals surface area contributed by atoms with Crippen LogP contribution in [0.1, 0.15) is 91.0 Å². The minimum absolute atomic E-state index is 0.00437. The van der Waals surface area contributed by atoms with Crippen LogP contribution in [0.4, 0.5) is 0 Å². The molecule has 4 unspecified atom stereocenters. The van der Waals surface area contributed by atoms with Crippen LogP contribution in [0.25, 0.3) is 0 Å². The highest BCUT2D eigenvalue weighted by Crippen LogP contribution is 2.66. The number of fused-ring (bicyclic) bond motifs is 5. The number of rotatable bonds is 6. The molecule has 3 nitrogen and oxygen atoms in total. The van der Waals surface area contributed by atoms with Gasteiger partial charge in [0.05, 0.1) is 5.92 Å². The van der Waals surface area contributed by atoms with Crippen LogP contribution in [0.5, 0.6) is 0 Å². The summed E-state index contributed by atoms with van der Waals surface area (Å²) in [7, 11) is 0. The predicted molar refractivity (Wildman–Crippen MR) is 178 cm³/mol. The number of ketones is 1. The van der Waals surface area contributed by atoms with Gasteiger partial charge in [-0.3, -0.25) is 9.59 Å². The monoisotopic (exact) mass is 854 g/mol. The maximum absolute atomic E-state index is 13.4. The number of Topliss-reactive ketones (excluding diaryl/α,β-unsaturated/α-hetero) is 1. The van der Waals surface area contributed by atoms with Gasteiger partial charge in [-0.25, -0.2) is 0 Å². The minimum atomic E-state index is -0.0947. The topological polar surface area (TPSA) is 43.4 Å². The molecule has 6 heteroatoms. The third kappa shape index (κ3) is 5.31. The van der Waals surface area contributed by atoms with Crippen molar-refractivity contribution in [2.24, 2.45) is 40.4 Å². The number of benzene rings is 1. The Morgan fingerprint density at radius 3 is 2.39 bits per heavy atom. The van der Waals surface area contributed by atoms with E-state index in [1.807, 2.05) is 6.92 Å². The Labute approximate surface area is 269 Å². The van der Waals surface area contributed by atoms with E-state index < -0.39 is 0 Å². The van der Waals surface area contributed by atoms with Gasteiger partial charge in [0.1, 0.15) is 11.9 Å². The smallest absolute Gasteiger partial charge is 0.309 e. The van der Waals surface area contributed by atoms with Crippen LogP contribution in [0.3, 0.4) is 0 Å². The Morgan fingerprint density at radius 2 is 1.74 bits per heavy atom. The van der Waals surface area contributed by atoms with Gasteiger partial charge in [-0.05, 0) is 179 Å². The average Bonchev–Trinajstić information content (AvgIpc) is 3.21. The van der Waals surface area contributed by atoms with Crippen molar-refractivity contribution in [2.75, 3.05) is 0 Å². The molecule has 0 bridgehead atoms. The van der Waals surface area contributed by atoms with Crippen molar-refractivity contribution in [1.29, 1.82) is 0 Å². The van der Waals surface area contributed by atoms with Crippen LogP contribution in [-0.2, 0) is 20.7 Å². The van der Waals surface area contributed by atoms with E-state index in [1.165, 1.54) is 35.5 Å². The molecule has 0 saturated heterocycles. The highest BCUT2D eigenvalue weighted by molar-refractivity contribution is 14.1. The first-order chi connectivity index (χ1) is 18.0. The fraction of sp³-hybridized carbons (Fsp3) is 0.688. The van der Waals surface area contributed by atoms with Gasteiger partial charge in [0.2, 0.25) is 0 Å². The van der Waals surface area contributed by atoms with E-state index in [4.69, 9.17) is 4.74 Å². The summed E-state index contributed by atoms with van der Waals surface area (Å²) < 4.78 is 9.96. The summed E-state index contributed by atoms with van der Waals surface area (Å²) in [5.41, 5.74) is 3.24. The summed E-state index contributed by atoms with van der Waals surface area (Å²) in [5.74, 6) is 2.64. The first-order valence-electron chi connectivity index (χ1n) is 14.5. The van der Waals surface area contributed by atoms with Crippen molar-refractivity contribution >= 4 is 79.5 Å². The first-order valence-corrected chi connectivity index (χ1v) is 17.8. The molecule has 0 radical (unpaired) electrons. The van der Waals surface area contributed by atoms with E-state index in [9.17, 15) is 9.59 Å². The van der Waals surface area contributed by atoms with Gasteiger partial charge < -0.3 is 4.74 Å². The summed E-state index contributed by atoms with van der Waals surface area (Å²) >= 11 is 7.17. The SMILES string of the molecule is CCC(Cc1c(I)cc(I)cc1I)C(=O)O[C@H]1CC[C@@]2(C)C(=CCC3C2CC[C@@]2(C)C3CC[C@@H]2C(C)=O)C1. The van der Waals surface area contributed by atoms with Crippen LogP contribution in [0.2, 0.25) is 0 Å². The standard InChI is InChI=1S/C32H41I3O3/c1-5-19(14-24-28(34)16-21(33)17-29(24)35)30(37)38-22-10-12-31(3)20(15-22)6-7-23-26-9-8-25(18(2)36)32(26,4)13-11-27(23)31/h6,16-17,19,22-23,25-27H,5,7-15H2,1-4H3/t19?,22-,23?,25+,26?,27?,31-,32+/m0/s1. The van der Waals surface area contributed by atoms with Crippen molar-refractivity contribution in [1.82, 2.24) is 0 Å². The molecule has 3 fully saturated rings. The molecule has 0 aromatic heterocycles. The lowest BCUT2D eigenvalue weighted by molar-refractivity contribution is -0.156. The largest absolute Gasteiger partial charge is 0.462 e. The summed E-state index contributed by atoms with van der Waals surface area (Å²) in [4.78, 5) is 25.8. The number of hydrogen-bond donors (Lipinski definition) is 0. The van der Waals surface area contributed by atoms with Crippen molar-refractivity contribution in [2.45, 2.75) is 98.0 Å². The van der Waals surface area contributed by atoms with Crippen LogP contribution < -0.4 is 0 Å². The van der Waals surface area contributed by atoms with Crippen molar-refractivity contribution in [3.8, 4) is 0 Å². The van der Waals surface area contributed by atoms with Crippen LogP contribution in [0.15, 0.2) is 23.8 Å². The Hall–Kier alpha value is 0.290. The third-order valence-corrected chi connectivity index (χ3v) is 13.8. The van der Waals surface area contributed by atoms with Crippen LogP contribution in [0, 0.1) is 51.1 Å². The molecule has 0 aliphatic heterocycles. The lowest BCUT2D eigenvalue weighted by atomic mass is 9.47. The maximum Gasteiger partial charge on any atom is 0.309 e. The number of carbonyl (C=O) groups is 2. The summed E-state index contributed by atoms with van der Waals surface area (Å²) in [5, 5.41) is 0. The van der Waals surface area contributed by atoms with E-state index in [2.05, 4.69) is 107 Å². The fourth-order valence-corrected chi connectivity index (χ4v) is 13.1. The van der Waals surface area contributed by atoms with Gasteiger partial charge in [-0.1, -0.05) is 32.4 Å². The Kier molecular flexibility index (Phi) is 9.03. The lowest BCUT2D eigenvalue weighted by Gasteiger charge is -2.58. The molecule has 0 amide bonds. The number of carbonyl (C=O) groups excluding carboxylic acids is 2. The zero-order valence-corrected chi connectivity index (χ0v) is 29.6. The first kappa shape index (κ1) is 29.8. The van der Waals surface area contributed by atoms with Crippen LogP contribution >= 0.6 is 67.8 Å². The predicted octanol–water partition coefficient (Wildman–Crippen LogP) is 9.15. The van der Waals surface area contributed by atoms with Gasteiger partial charge >= 0.3 is 5.97 Å². The molecule has 1 aromatic carbocycles. The van der Waals surface area contributed by atoms with Gasteiger partial charge in [0, 0.05) is 23.0 Å². The number of halogens is 3. The number of ether oxygens (including phenoxy) is 1.